The Balaban J connectivity index is 1.75. The first-order valence-corrected chi connectivity index (χ1v) is 10.1. The van der Waals surface area contributed by atoms with Gasteiger partial charge in [0.2, 0.25) is 5.91 Å². The Morgan fingerprint density at radius 1 is 1.21 bits per heavy atom. The normalized spacial score (nSPS) is 16.8. The number of hydrogen-bond acceptors (Lipinski definition) is 4. The maximum absolute atomic E-state index is 11.9. The first-order valence-electron chi connectivity index (χ1n) is 9.77. The van der Waals surface area contributed by atoms with Gasteiger partial charge in [0.1, 0.15) is 11.9 Å². The SMILES string of the molecule is CN=C(NCC(C)Oc1ccccc1Cl)N1CCN(CC(=O)NC(C)C)CC1. The van der Waals surface area contributed by atoms with Crippen LogP contribution in [-0.4, -0.2) is 80.1 Å². The molecule has 1 saturated heterocycles. The Kier molecular flexibility index (Phi) is 8.86. The van der Waals surface area contributed by atoms with Crippen LogP contribution in [0.3, 0.4) is 0 Å². The van der Waals surface area contributed by atoms with Crippen LogP contribution in [0.4, 0.5) is 0 Å². The summed E-state index contributed by atoms with van der Waals surface area (Å²) < 4.78 is 5.90. The van der Waals surface area contributed by atoms with E-state index in [1.54, 1.807) is 7.05 Å². The van der Waals surface area contributed by atoms with Crippen molar-refractivity contribution in [1.29, 1.82) is 0 Å². The molecule has 2 rings (SSSR count). The molecule has 8 heteroatoms. The molecule has 28 heavy (non-hydrogen) atoms. The number of amides is 1. The number of nitrogens with zero attached hydrogens (tertiary/aromatic N) is 3. The van der Waals surface area contributed by atoms with E-state index in [9.17, 15) is 4.79 Å². The molecule has 1 aliphatic rings. The van der Waals surface area contributed by atoms with E-state index in [0.717, 1.165) is 32.1 Å². The van der Waals surface area contributed by atoms with Crippen molar-refractivity contribution in [2.75, 3.05) is 46.3 Å². The smallest absolute Gasteiger partial charge is 0.234 e. The van der Waals surface area contributed by atoms with E-state index >= 15 is 0 Å². The highest BCUT2D eigenvalue weighted by Crippen LogP contribution is 2.24. The topological polar surface area (TPSA) is 69.2 Å². The fraction of sp³-hybridized carbons (Fsp3) is 0.600. The van der Waals surface area contributed by atoms with Gasteiger partial charge in [0.05, 0.1) is 18.1 Å². The molecule has 1 heterocycles. The molecule has 1 aromatic rings. The van der Waals surface area contributed by atoms with Crippen LogP contribution in [0.5, 0.6) is 5.75 Å². The van der Waals surface area contributed by atoms with Gasteiger partial charge < -0.3 is 20.3 Å². The average molecular weight is 410 g/mol. The quantitative estimate of drug-likeness (QED) is 0.531. The van der Waals surface area contributed by atoms with Gasteiger partial charge in [-0.05, 0) is 32.9 Å². The lowest BCUT2D eigenvalue weighted by Crippen LogP contribution is -2.55. The van der Waals surface area contributed by atoms with E-state index < -0.39 is 0 Å². The van der Waals surface area contributed by atoms with Gasteiger partial charge in [0.15, 0.2) is 5.96 Å². The molecular formula is C20H32ClN5O2. The predicted octanol–water partition coefficient (Wildman–Crippen LogP) is 1.82. The first kappa shape index (κ1) is 22.3. The first-order chi connectivity index (χ1) is 13.4. The van der Waals surface area contributed by atoms with Crippen molar-refractivity contribution in [3.63, 3.8) is 0 Å². The highest BCUT2D eigenvalue weighted by Gasteiger charge is 2.21. The summed E-state index contributed by atoms with van der Waals surface area (Å²) in [5, 5.41) is 6.92. The molecule has 0 spiro atoms. The molecule has 1 amide bonds. The lowest BCUT2D eigenvalue weighted by atomic mass is 10.3. The van der Waals surface area contributed by atoms with E-state index in [4.69, 9.17) is 16.3 Å². The van der Waals surface area contributed by atoms with Crippen LogP contribution in [-0.2, 0) is 4.79 Å². The summed E-state index contributed by atoms with van der Waals surface area (Å²) >= 11 is 6.15. The van der Waals surface area contributed by atoms with Gasteiger partial charge >= 0.3 is 0 Å². The standard InChI is InChI=1S/C20H32ClN5O2/c1-15(2)24-19(27)14-25-9-11-26(12-10-25)20(22-4)23-13-16(3)28-18-8-6-5-7-17(18)21/h5-8,15-16H,9-14H2,1-4H3,(H,22,23)(H,24,27). The molecule has 1 aliphatic heterocycles. The summed E-state index contributed by atoms with van der Waals surface area (Å²) in [7, 11) is 1.78. The summed E-state index contributed by atoms with van der Waals surface area (Å²) in [5.41, 5.74) is 0. The highest BCUT2D eigenvalue weighted by molar-refractivity contribution is 6.32. The van der Waals surface area contributed by atoms with Gasteiger partial charge in [-0.25, -0.2) is 0 Å². The fourth-order valence-electron chi connectivity index (χ4n) is 3.05. The minimum Gasteiger partial charge on any atom is -0.487 e. The number of aliphatic imine (C=N–C) groups is 1. The van der Waals surface area contributed by atoms with E-state index in [0.29, 0.717) is 23.9 Å². The van der Waals surface area contributed by atoms with Crippen molar-refractivity contribution in [3.8, 4) is 5.75 Å². The molecule has 1 atom stereocenters. The van der Waals surface area contributed by atoms with Crippen molar-refractivity contribution in [2.45, 2.75) is 32.9 Å². The molecule has 1 unspecified atom stereocenters. The molecule has 0 aliphatic carbocycles. The molecule has 0 saturated carbocycles. The second kappa shape index (κ2) is 11.1. The van der Waals surface area contributed by atoms with Crippen LogP contribution in [0.25, 0.3) is 0 Å². The lowest BCUT2D eigenvalue weighted by molar-refractivity contribution is -0.123. The van der Waals surface area contributed by atoms with Crippen LogP contribution in [0.2, 0.25) is 5.02 Å². The second-order valence-electron chi connectivity index (χ2n) is 7.27. The minimum atomic E-state index is -0.0577. The van der Waals surface area contributed by atoms with E-state index in [1.165, 1.54) is 0 Å². The summed E-state index contributed by atoms with van der Waals surface area (Å²) in [5.74, 6) is 1.61. The number of halogens is 1. The third-order valence-corrected chi connectivity index (χ3v) is 4.73. The largest absolute Gasteiger partial charge is 0.487 e. The van der Waals surface area contributed by atoms with Gasteiger partial charge in [-0.15, -0.1) is 0 Å². The zero-order chi connectivity index (χ0) is 20.5. The average Bonchev–Trinajstić information content (AvgIpc) is 2.64. The zero-order valence-corrected chi connectivity index (χ0v) is 18.0. The molecule has 1 fully saturated rings. The molecular weight excluding hydrogens is 378 g/mol. The van der Waals surface area contributed by atoms with E-state index in [2.05, 4.69) is 25.4 Å². The van der Waals surface area contributed by atoms with E-state index in [-0.39, 0.29) is 18.1 Å². The summed E-state index contributed by atoms with van der Waals surface area (Å²) in [6, 6.07) is 7.64. The molecule has 2 N–H and O–H groups in total. The van der Waals surface area contributed by atoms with Crippen molar-refractivity contribution < 1.29 is 9.53 Å². The summed E-state index contributed by atoms with van der Waals surface area (Å²) in [6.45, 7) is 10.3. The Morgan fingerprint density at radius 2 is 1.89 bits per heavy atom. The van der Waals surface area contributed by atoms with Crippen LogP contribution >= 0.6 is 11.6 Å². The number of guanidine groups is 1. The highest BCUT2D eigenvalue weighted by atomic mass is 35.5. The van der Waals surface area contributed by atoms with Crippen LogP contribution in [0, 0.1) is 0 Å². The number of nitrogens with one attached hydrogen (secondary N) is 2. The molecule has 1 aromatic carbocycles. The number of para-hydroxylation sites is 1. The number of carbonyl (C=O) groups excluding carboxylic acids is 1. The molecule has 156 valence electrons. The van der Waals surface area contributed by atoms with Gasteiger partial charge in [-0.2, -0.15) is 0 Å². The van der Waals surface area contributed by atoms with E-state index in [1.807, 2.05) is 45.0 Å². The number of carbonyl (C=O) groups is 1. The van der Waals surface area contributed by atoms with Gasteiger partial charge in [0.25, 0.3) is 0 Å². The number of benzene rings is 1. The molecule has 0 radical (unpaired) electrons. The summed E-state index contributed by atoms with van der Waals surface area (Å²) in [6.07, 6.45) is -0.0577. The Hall–Kier alpha value is -1.99. The summed E-state index contributed by atoms with van der Waals surface area (Å²) in [4.78, 5) is 20.7. The minimum absolute atomic E-state index is 0.0577. The maximum Gasteiger partial charge on any atom is 0.234 e. The third kappa shape index (κ3) is 7.20. The zero-order valence-electron chi connectivity index (χ0n) is 17.2. The number of rotatable bonds is 7. The lowest BCUT2D eigenvalue weighted by Gasteiger charge is -2.36. The maximum atomic E-state index is 11.9. The van der Waals surface area contributed by atoms with Gasteiger partial charge in [-0.1, -0.05) is 23.7 Å². The Morgan fingerprint density at radius 3 is 2.50 bits per heavy atom. The van der Waals surface area contributed by atoms with Gasteiger partial charge in [0, 0.05) is 39.3 Å². The Bertz CT molecular complexity index is 660. The van der Waals surface area contributed by atoms with Crippen molar-refractivity contribution in [1.82, 2.24) is 20.4 Å². The predicted molar refractivity (Wildman–Crippen MR) is 114 cm³/mol. The fourth-order valence-corrected chi connectivity index (χ4v) is 3.23. The van der Waals surface area contributed by atoms with Crippen molar-refractivity contribution in [3.05, 3.63) is 29.3 Å². The van der Waals surface area contributed by atoms with Crippen LogP contribution in [0.1, 0.15) is 20.8 Å². The number of piperazine rings is 1. The van der Waals surface area contributed by atoms with Crippen LogP contribution < -0.4 is 15.4 Å². The number of ether oxygens (including phenoxy) is 1. The van der Waals surface area contributed by atoms with Crippen molar-refractivity contribution in [2.24, 2.45) is 4.99 Å². The molecule has 0 aromatic heterocycles. The Labute approximate surface area is 173 Å². The van der Waals surface area contributed by atoms with Crippen LogP contribution in [0.15, 0.2) is 29.3 Å². The second-order valence-corrected chi connectivity index (χ2v) is 7.68. The monoisotopic (exact) mass is 409 g/mol. The third-order valence-electron chi connectivity index (χ3n) is 4.41. The molecule has 0 bridgehead atoms. The molecule has 7 nitrogen and oxygen atoms in total. The van der Waals surface area contributed by atoms with Gasteiger partial charge in [-0.3, -0.25) is 14.7 Å². The van der Waals surface area contributed by atoms with Crippen molar-refractivity contribution >= 4 is 23.5 Å². The number of hydrogen-bond donors (Lipinski definition) is 2.